The van der Waals surface area contributed by atoms with Crippen LogP contribution < -0.4 is 4.90 Å². The molecule has 0 amide bonds. The van der Waals surface area contributed by atoms with Gasteiger partial charge in [-0.25, -0.2) is 9.97 Å². The molecule has 2 heterocycles. The molecule has 1 saturated heterocycles. The van der Waals surface area contributed by atoms with Gasteiger partial charge < -0.3 is 9.64 Å². The van der Waals surface area contributed by atoms with Crippen LogP contribution in [0.15, 0.2) is 30.5 Å². The number of para-hydroxylation sites is 1. The van der Waals surface area contributed by atoms with Crippen LogP contribution in [0.3, 0.4) is 0 Å². The van der Waals surface area contributed by atoms with Crippen molar-refractivity contribution in [3.05, 3.63) is 30.5 Å². The van der Waals surface area contributed by atoms with E-state index in [0.717, 1.165) is 29.9 Å². The Labute approximate surface area is 123 Å². The maximum atomic E-state index is 5.96. The van der Waals surface area contributed by atoms with E-state index in [0.29, 0.717) is 5.88 Å². The number of nitrogens with zero attached hydrogens (tertiary/aromatic N) is 3. The first-order valence-electron chi connectivity index (χ1n) is 6.78. The van der Waals surface area contributed by atoms with Crippen LogP contribution in [0.5, 0.6) is 0 Å². The summed E-state index contributed by atoms with van der Waals surface area (Å²) in [5.74, 6) is 1.23. The molecular formula is C15H18ClN3O. The van der Waals surface area contributed by atoms with E-state index in [-0.39, 0.29) is 11.7 Å². The fraction of sp³-hybridized carbons (Fsp3) is 0.467. The predicted molar refractivity (Wildman–Crippen MR) is 81.4 cm³/mol. The highest BCUT2D eigenvalue weighted by atomic mass is 35.5. The van der Waals surface area contributed by atoms with Crippen molar-refractivity contribution in [2.45, 2.75) is 25.6 Å². The van der Waals surface area contributed by atoms with Crippen LogP contribution in [0, 0.1) is 0 Å². The maximum Gasteiger partial charge on any atom is 0.226 e. The largest absolute Gasteiger partial charge is 0.367 e. The van der Waals surface area contributed by atoms with Gasteiger partial charge in [-0.15, -0.1) is 11.6 Å². The lowest BCUT2D eigenvalue weighted by Crippen LogP contribution is -2.54. The monoisotopic (exact) mass is 291 g/mol. The Hall–Kier alpha value is -1.39. The minimum atomic E-state index is -0.243. The van der Waals surface area contributed by atoms with Crippen LogP contribution in [-0.4, -0.2) is 40.6 Å². The Morgan fingerprint density at radius 1 is 1.40 bits per heavy atom. The van der Waals surface area contributed by atoms with Gasteiger partial charge in [-0.3, -0.25) is 0 Å². The summed E-state index contributed by atoms with van der Waals surface area (Å²) in [5.41, 5.74) is 0.719. The summed E-state index contributed by atoms with van der Waals surface area (Å²) in [6.45, 7) is 5.63. The third-order valence-electron chi connectivity index (χ3n) is 3.41. The second-order valence-electron chi connectivity index (χ2n) is 5.76. The van der Waals surface area contributed by atoms with Crippen LogP contribution in [-0.2, 0) is 4.74 Å². The minimum Gasteiger partial charge on any atom is -0.367 e. The fourth-order valence-corrected chi connectivity index (χ4v) is 2.80. The average Bonchev–Trinajstić information content (AvgIpc) is 2.45. The van der Waals surface area contributed by atoms with Gasteiger partial charge in [-0.2, -0.15) is 0 Å². The van der Waals surface area contributed by atoms with Crippen LogP contribution in [0.2, 0.25) is 0 Å². The van der Waals surface area contributed by atoms with Gasteiger partial charge in [-0.1, -0.05) is 18.2 Å². The van der Waals surface area contributed by atoms with E-state index in [4.69, 9.17) is 16.3 Å². The van der Waals surface area contributed by atoms with Crippen molar-refractivity contribution in [1.29, 1.82) is 0 Å². The number of ether oxygens (including phenoxy) is 1. The van der Waals surface area contributed by atoms with E-state index in [2.05, 4.69) is 28.7 Å². The number of aromatic nitrogens is 2. The predicted octanol–water partition coefficient (Wildman–Crippen LogP) is 2.85. The minimum absolute atomic E-state index is 0.00971. The van der Waals surface area contributed by atoms with Gasteiger partial charge in [0.1, 0.15) is 0 Å². The highest BCUT2D eigenvalue weighted by Gasteiger charge is 2.34. The lowest BCUT2D eigenvalue weighted by atomic mass is 10.1. The first kappa shape index (κ1) is 13.6. The molecule has 1 unspecified atom stereocenters. The zero-order chi connectivity index (χ0) is 14.2. The van der Waals surface area contributed by atoms with Crippen molar-refractivity contribution in [2.24, 2.45) is 0 Å². The second-order valence-corrected chi connectivity index (χ2v) is 6.07. The number of morpholine rings is 1. The number of hydrogen-bond donors (Lipinski definition) is 0. The molecule has 0 radical (unpaired) electrons. The molecule has 1 aromatic heterocycles. The highest BCUT2D eigenvalue weighted by Crippen LogP contribution is 2.25. The van der Waals surface area contributed by atoms with Crippen molar-refractivity contribution in [2.75, 3.05) is 23.9 Å². The normalized spacial score (nSPS) is 22.1. The number of hydrogen-bond acceptors (Lipinski definition) is 4. The van der Waals surface area contributed by atoms with Gasteiger partial charge in [-0.05, 0) is 19.9 Å². The maximum absolute atomic E-state index is 5.96. The molecular weight excluding hydrogens is 274 g/mol. The van der Waals surface area contributed by atoms with E-state index in [1.54, 1.807) is 0 Å². The molecule has 0 bridgehead atoms. The molecule has 3 rings (SSSR count). The molecule has 5 heteroatoms. The second kappa shape index (κ2) is 5.19. The number of anilines is 1. The molecule has 0 spiro atoms. The van der Waals surface area contributed by atoms with Crippen LogP contribution in [0.25, 0.3) is 10.9 Å². The quantitative estimate of drug-likeness (QED) is 0.798. The van der Waals surface area contributed by atoms with E-state index < -0.39 is 0 Å². The summed E-state index contributed by atoms with van der Waals surface area (Å²) < 4.78 is 5.93. The zero-order valence-electron chi connectivity index (χ0n) is 11.7. The van der Waals surface area contributed by atoms with Crippen LogP contribution >= 0.6 is 11.6 Å². The summed E-state index contributed by atoms with van der Waals surface area (Å²) in [5, 5.41) is 1.05. The molecule has 2 aromatic rings. The number of benzene rings is 1. The Bertz CT molecular complexity index is 617. The molecule has 1 aliphatic heterocycles. The average molecular weight is 292 g/mol. The van der Waals surface area contributed by atoms with Gasteiger partial charge >= 0.3 is 0 Å². The summed E-state index contributed by atoms with van der Waals surface area (Å²) in [7, 11) is 0. The van der Waals surface area contributed by atoms with Gasteiger partial charge in [0, 0.05) is 24.7 Å². The van der Waals surface area contributed by atoms with Crippen molar-refractivity contribution < 1.29 is 4.74 Å². The van der Waals surface area contributed by atoms with Gasteiger partial charge in [0.25, 0.3) is 0 Å². The number of rotatable bonds is 2. The highest BCUT2D eigenvalue weighted by molar-refractivity contribution is 6.18. The van der Waals surface area contributed by atoms with Crippen molar-refractivity contribution in [3.63, 3.8) is 0 Å². The Balaban J connectivity index is 1.93. The number of halogens is 1. The Morgan fingerprint density at radius 3 is 3.00 bits per heavy atom. The molecule has 106 valence electrons. The third kappa shape index (κ3) is 2.72. The fourth-order valence-electron chi connectivity index (χ4n) is 2.64. The topological polar surface area (TPSA) is 38.2 Å². The van der Waals surface area contributed by atoms with E-state index >= 15 is 0 Å². The van der Waals surface area contributed by atoms with Crippen molar-refractivity contribution in [1.82, 2.24) is 9.97 Å². The number of alkyl halides is 1. The SMILES string of the molecule is CC1(C)CN(c2ncc3ccccc3n2)CC(CCl)O1. The van der Waals surface area contributed by atoms with E-state index in [1.165, 1.54) is 0 Å². The lowest BCUT2D eigenvalue weighted by Gasteiger charge is -2.42. The summed E-state index contributed by atoms with van der Waals surface area (Å²) in [4.78, 5) is 11.3. The van der Waals surface area contributed by atoms with E-state index in [9.17, 15) is 0 Å². The summed E-state index contributed by atoms with van der Waals surface area (Å²) in [6.07, 6.45) is 1.88. The molecule has 0 saturated carbocycles. The molecule has 0 aliphatic carbocycles. The van der Waals surface area contributed by atoms with Crippen molar-refractivity contribution in [3.8, 4) is 0 Å². The molecule has 4 nitrogen and oxygen atoms in total. The zero-order valence-corrected chi connectivity index (χ0v) is 12.5. The van der Waals surface area contributed by atoms with Gasteiger partial charge in [0.05, 0.1) is 23.1 Å². The lowest BCUT2D eigenvalue weighted by molar-refractivity contribution is -0.0738. The van der Waals surface area contributed by atoms with Crippen molar-refractivity contribution >= 4 is 28.5 Å². The molecule has 1 fully saturated rings. The molecule has 1 atom stereocenters. The van der Waals surface area contributed by atoms with Crippen LogP contribution in [0.1, 0.15) is 13.8 Å². The molecule has 1 aliphatic rings. The molecule has 20 heavy (non-hydrogen) atoms. The smallest absolute Gasteiger partial charge is 0.226 e. The van der Waals surface area contributed by atoms with Gasteiger partial charge in [0.15, 0.2) is 0 Å². The third-order valence-corrected chi connectivity index (χ3v) is 3.76. The Morgan fingerprint density at radius 2 is 2.20 bits per heavy atom. The number of fused-ring (bicyclic) bond motifs is 1. The first-order chi connectivity index (χ1) is 9.57. The Kier molecular flexibility index (Phi) is 3.52. The first-order valence-corrected chi connectivity index (χ1v) is 7.31. The van der Waals surface area contributed by atoms with Gasteiger partial charge in [0.2, 0.25) is 5.95 Å². The van der Waals surface area contributed by atoms with E-state index in [1.807, 2.05) is 30.5 Å². The summed E-state index contributed by atoms with van der Waals surface area (Å²) >= 11 is 5.96. The molecule has 0 N–H and O–H groups in total. The van der Waals surface area contributed by atoms with Crippen LogP contribution in [0.4, 0.5) is 5.95 Å². The standard InChI is InChI=1S/C15H18ClN3O/c1-15(2)10-19(9-12(7-16)20-15)14-17-8-11-5-3-4-6-13(11)18-14/h3-6,8,12H,7,9-10H2,1-2H3. The summed E-state index contributed by atoms with van der Waals surface area (Å²) in [6, 6.07) is 8.01. The molecule has 1 aromatic carbocycles.